The number of amides is 2. The molecular formula is C24H34N4OS. The molecule has 1 unspecified atom stereocenters. The molecule has 3 heterocycles. The maximum absolute atomic E-state index is 12.4. The minimum atomic E-state index is -0.0255. The van der Waals surface area contributed by atoms with Gasteiger partial charge in [-0.1, -0.05) is 36.4 Å². The molecule has 2 aliphatic rings. The first-order chi connectivity index (χ1) is 14.8. The number of urea groups is 1. The molecule has 0 aliphatic carbocycles. The quantitative estimate of drug-likeness (QED) is 0.668. The van der Waals surface area contributed by atoms with Crippen LogP contribution in [0, 0.1) is 5.92 Å². The van der Waals surface area contributed by atoms with Crippen molar-refractivity contribution >= 4 is 17.4 Å². The van der Waals surface area contributed by atoms with Crippen LogP contribution in [0.4, 0.5) is 4.79 Å². The van der Waals surface area contributed by atoms with Gasteiger partial charge in [-0.2, -0.15) is 0 Å². The first-order valence-electron chi connectivity index (χ1n) is 11.3. The van der Waals surface area contributed by atoms with E-state index in [0.717, 1.165) is 52.1 Å². The molecule has 2 aromatic rings. The number of hydrogen-bond donors (Lipinski definition) is 2. The fourth-order valence-electron chi connectivity index (χ4n) is 4.62. The van der Waals surface area contributed by atoms with E-state index in [-0.39, 0.29) is 6.03 Å². The van der Waals surface area contributed by atoms with Crippen LogP contribution >= 0.6 is 11.3 Å². The summed E-state index contributed by atoms with van der Waals surface area (Å²) in [5, 5.41) is 8.39. The lowest BCUT2D eigenvalue weighted by atomic mass is 9.96. The van der Waals surface area contributed by atoms with Crippen molar-refractivity contribution in [1.29, 1.82) is 0 Å². The molecule has 2 fully saturated rings. The number of carbonyl (C=O) groups excluding carboxylic acids is 1. The number of piperidine rings is 1. The SMILES string of the molecule is O=C(NCC1CCN(Cc2ccccc2)CC1)NCC(c1cccs1)N1CCCC1. The van der Waals surface area contributed by atoms with Crippen molar-refractivity contribution in [3.05, 3.63) is 58.3 Å². The maximum atomic E-state index is 12.4. The Kier molecular flexibility index (Phi) is 7.78. The molecule has 1 atom stereocenters. The predicted octanol–water partition coefficient (Wildman–Crippen LogP) is 4.10. The molecule has 1 aromatic heterocycles. The van der Waals surface area contributed by atoms with Gasteiger partial charge in [0.05, 0.1) is 6.04 Å². The first kappa shape index (κ1) is 21.3. The van der Waals surface area contributed by atoms with Crippen molar-refractivity contribution in [2.75, 3.05) is 39.3 Å². The van der Waals surface area contributed by atoms with E-state index in [4.69, 9.17) is 0 Å². The lowest BCUT2D eigenvalue weighted by molar-refractivity contribution is 0.174. The van der Waals surface area contributed by atoms with Crippen LogP contribution in [0.15, 0.2) is 47.8 Å². The average Bonchev–Trinajstić information content (AvgIpc) is 3.49. The molecule has 5 nitrogen and oxygen atoms in total. The number of benzene rings is 1. The van der Waals surface area contributed by atoms with E-state index in [1.54, 1.807) is 11.3 Å². The van der Waals surface area contributed by atoms with Crippen molar-refractivity contribution in [1.82, 2.24) is 20.4 Å². The highest BCUT2D eigenvalue weighted by Crippen LogP contribution is 2.27. The fourth-order valence-corrected chi connectivity index (χ4v) is 5.48. The van der Waals surface area contributed by atoms with Gasteiger partial charge in [0, 0.05) is 24.5 Å². The molecular weight excluding hydrogens is 392 g/mol. The standard InChI is InChI=1S/C24H34N4OS/c29-24(26-18-22(23-9-6-16-30-23)28-12-4-5-13-28)25-17-20-10-14-27(15-11-20)19-21-7-2-1-3-8-21/h1-3,6-9,16,20,22H,4-5,10-15,17-19H2,(H2,25,26,29). The highest BCUT2D eigenvalue weighted by atomic mass is 32.1. The molecule has 0 bridgehead atoms. The normalized spacial score (nSPS) is 19.6. The maximum Gasteiger partial charge on any atom is 0.314 e. The van der Waals surface area contributed by atoms with E-state index >= 15 is 0 Å². The van der Waals surface area contributed by atoms with E-state index in [1.165, 1.54) is 23.3 Å². The molecule has 0 saturated carbocycles. The summed E-state index contributed by atoms with van der Waals surface area (Å²) in [7, 11) is 0. The number of hydrogen-bond acceptors (Lipinski definition) is 4. The van der Waals surface area contributed by atoms with Gasteiger partial charge >= 0.3 is 6.03 Å². The third-order valence-corrected chi connectivity index (χ3v) is 7.39. The molecule has 2 N–H and O–H groups in total. The average molecular weight is 427 g/mol. The largest absolute Gasteiger partial charge is 0.338 e. The topological polar surface area (TPSA) is 47.6 Å². The van der Waals surface area contributed by atoms with Gasteiger partial charge in [0.25, 0.3) is 0 Å². The number of thiophene rings is 1. The summed E-state index contributed by atoms with van der Waals surface area (Å²) >= 11 is 1.79. The number of carbonyl (C=O) groups is 1. The van der Waals surface area contributed by atoms with Gasteiger partial charge in [-0.25, -0.2) is 4.79 Å². The van der Waals surface area contributed by atoms with Crippen molar-refractivity contribution in [2.24, 2.45) is 5.92 Å². The van der Waals surface area contributed by atoms with Gasteiger partial charge in [0.1, 0.15) is 0 Å². The second-order valence-corrected chi connectivity index (χ2v) is 9.55. The summed E-state index contributed by atoms with van der Waals surface area (Å²) in [6.07, 6.45) is 4.82. The third-order valence-electron chi connectivity index (χ3n) is 6.42. The minimum Gasteiger partial charge on any atom is -0.338 e. The zero-order valence-corrected chi connectivity index (χ0v) is 18.6. The van der Waals surface area contributed by atoms with E-state index in [1.807, 2.05) is 0 Å². The number of likely N-dealkylation sites (tertiary alicyclic amines) is 2. The molecule has 30 heavy (non-hydrogen) atoms. The summed E-state index contributed by atoms with van der Waals surface area (Å²) < 4.78 is 0. The van der Waals surface area contributed by atoms with Crippen molar-refractivity contribution in [2.45, 2.75) is 38.3 Å². The summed E-state index contributed by atoms with van der Waals surface area (Å²) in [5.41, 5.74) is 1.38. The molecule has 162 valence electrons. The summed E-state index contributed by atoms with van der Waals surface area (Å²) in [5.74, 6) is 0.578. The van der Waals surface area contributed by atoms with E-state index in [0.29, 0.717) is 18.5 Å². The van der Waals surface area contributed by atoms with E-state index < -0.39 is 0 Å². The predicted molar refractivity (Wildman–Crippen MR) is 124 cm³/mol. The molecule has 6 heteroatoms. The summed E-state index contributed by atoms with van der Waals surface area (Å²) in [4.78, 5) is 18.8. The Morgan fingerprint density at radius 2 is 1.77 bits per heavy atom. The van der Waals surface area contributed by atoms with Crippen molar-refractivity contribution < 1.29 is 4.79 Å². The monoisotopic (exact) mass is 426 g/mol. The molecule has 0 radical (unpaired) electrons. The molecule has 2 amide bonds. The van der Waals surface area contributed by atoms with Gasteiger partial charge in [-0.05, 0) is 74.8 Å². The number of rotatable bonds is 8. The lowest BCUT2D eigenvalue weighted by Crippen LogP contribution is -2.44. The van der Waals surface area contributed by atoms with Gasteiger partial charge < -0.3 is 10.6 Å². The Morgan fingerprint density at radius 1 is 1.00 bits per heavy atom. The molecule has 4 rings (SSSR count). The number of nitrogens with one attached hydrogen (secondary N) is 2. The van der Waals surface area contributed by atoms with Crippen LogP contribution in [0.1, 0.15) is 42.2 Å². The Bertz CT molecular complexity index is 753. The third kappa shape index (κ3) is 6.06. The van der Waals surface area contributed by atoms with Crippen LogP contribution < -0.4 is 10.6 Å². The fraction of sp³-hybridized carbons (Fsp3) is 0.542. The molecule has 2 saturated heterocycles. The zero-order valence-electron chi connectivity index (χ0n) is 17.8. The highest BCUT2D eigenvalue weighted by molar-refractivity contribution is 7.10. The van der Waals surface area contributed by atoms with Gasteiger partial charge in [0.15, 0.2) is 0 Å². The van der Waals surface area contributed by atoms with Gasteiger partial charge in [0.2, 0.25) is 0 Å². The Morgan fingerprint density at radius 3 is 2.47 bits per heavy atom. The van der Waals surface area contributed by atoms with Crippen LogP contribution in [0.2, 0.25) is 0 Å². The second-order valence-electron chi connectivity index (χ2n) is 8.57. The van der Waals surface area contributed by atoms with Gasteiger partial charge in [-0.15, -0.1) is 11.3 Å². The Hall–Kier alpha value is -1.89. The van der Waals surface area contributed by atoms with Crippen molar-refractivity contribution in [3.8, 4) is 0 Å². The first-order valence-corrected chi connectivity index (χ1v) is 12.2. The summed E-state index contributed by atoms with van der Waals surface area (Å²) in [6.45, 7) is 6.97. The minimum absolute atomic E-state index is 0.0255. The zero-order chi connectivity index (χ0) is 20.6. The van der Waals surface area contributed by atoms with Crippen LogP contribution in [0.3, 0.4) is 0 Å². The van der Waals surface area contributed by atoms with Crippen molar-refractivity contribution in [3.63, 3.8) is 0 Å². The van der Waals surface area contributed by atoms with E-state index in [2.05, 4.69) is 68.3 Å². The molecule has 2 aliphatic heterocycles. The Balaban J connectivity index is 1.16. The molecule has 0 spiro atoms. The second kappa shape index (κ2) is 10.9. The summed E-state index contributed by atoms with van der Waals surface area (Å²) in [6, 6.07) is 15.3. The highest BCUT2D eigenvalue weighted by Gasteiger charge is 2.25. The van der Waals surface area contributed by atoms with Crippen LogP contribution in [0.5, 0.6) is 0 Å². The van der Waals surface area contributed by atoms with Gasteiger partial charge in [-0.3, -0.25) is 9.80 Å². The lowest BCUT2D eigenvalue weighted by Gasteiger charge is -2.32. The molecule has 1 aromatic carbocycles. The Labute approximate surface area is 184 Å². The number of nitrogens with zero attached hydrogens (tertiary/aromatic N) is 2. The van der Waals surface area contributed by atoms with Crippen LogP contribution in [0.25, 0.3) is 0 Å². The van der Waals surface area contributed by atoms with Crippen LogP contribution in [-0.4, -0.2) is 55.1 Å². The van der Waals surface area contributed by atoms with E-state index in [9.17, 15) is 4.79 Å². The van der Waals surface area contributed by atoms with Crippen LogP contribution in [-0.2, 0) is 6.54 Å². The smallest absolute Gasteiger partial charge is 0.314 e.